The molecule has 1 aliphatic rings. The molecule has 0 amide bonds. The van der Waals surface area contributed by atoms with Gasteiger partial charge >= 0.3 is 0 Å². The van der Waals surface area contributed by atoms with E-state index in [0.29, 0.717) is 6.42 Å². The number of benzene rings is 1. The first-order chi connectivity index (χ1) is 11.0. The zero-order chi connectivity index (χ0) is 16.6. The summed E-state index contributed by atoms with van der Waals surface area (Å²) in [6.07, 6.45) is 0.578. The summed E-state index contributed by atoms with van der Waals surface area (Å²) in [5.74, 6) is 0.0285. The van der Waals surface area contributed by atoms with Crippen molar-refractivity contribution >= 4 is 16.6 Å². The quantitative estimate of drug-likeness (QED) is 0.758. The van der Waals surface area contributed by atoms with Gasteiger partial charge in [0.05, 0.1) is 19.3 Å². The van der Waals surface area contributed by atoms with E-state index < -0.39 is 6.04 Å². The van der Waals surface area contributed by atoms with Crippen LogP contribution >= 0.6 is 0 Å². The highest BCUT2D eigenvalue weighted by Crippen LogP contribution is 2.33. The molecule has 0 aliphatic carbocycles. The van der Waals surface area contributed by atoms with Crippen LogP contribution in [-0.2, 0) is 11.2 Å². The van der Waals surface area contributed by atoms with Crippen LogP contribution in [0.4, 0.5) is 5.69 Å². The zero-order valence-electron chi connectivity index (χ0n) is 13.9. The lowest BCUT2D eigenvalue weighted by Crippen LogP contribution is -2.36. The van der Waals surface area contributed by atoms with Gasteiger partial charge in [-0.2, -0.15) is 0 Å². The van der Waals surface area contributed by atoms with Crippen molar-refractivity contribution in [2.45, 2.75) is 26.3 Å². The van der Waals surface area contributed by atoms with E-state index >= 15 is 0 Å². The molecule has 5 heteroatoms. The summed E-state index contributed by atoms with van der Waals surface area (Å²) in [6.45, 7) is 11.1. The number of ether oxygens (including phenoxy) is 1. The molecule has 1 aromatic carbocycles. The normalized spacial score (nSPS) is 16.7. The number of H-pyrrole nitrogens is 1. The first kappa shape index (κ1) is 15.9. The topological polar surface area (TPSA) is 74.5 Å². The number of nitrogens with one attached hydrogen (secondary N) is 1. The van der Waals surface area contributed by atoms with Crippen molar-refractivity contribution < 1.29 is 9.84 Å². The second-order valence-corrected chi connectivity index (χ2v) is 6.26. The van der Waals surface area contributed by atoms with Gasteiger partial charge in [0, 0.05) is 35.4 Å². The lowest BCUT2D eigenvalue weighted by molar-refractivity contribution is 0.122. The summed E-state index contributed by atoms with van der Waals surface area (Å²) >= 11 is 0. The molecule has 0 saturated carbocycles. The molecule has 1 fully saturated rings. The molecule has 0 radical (unpaired) electrons. The van der Waals surface area contributed by atoms with Gasteiger partial charge in [0.2, 0.25) is 0 Å². The predicted molar refractivity (Wildman–Crippen MR) is 94.3 cm³/mol. The van der Waals surface area contributed by atoms with Gasteiger partial charge in [0.1, 0.15) is 5.76 Å². The minimum absolute atomic E-state index is 0.0285. The summed E-state index contributed by atoms with van der Waals surface area (Å²) in [7, 11) is 0. The van der Waals surface area contributed by atoms with Crippen molar-refractivity contribution in [3.63, 3.8) is 0 Å². The first-order valence-corrected chi connectivity index (χ1v) is 8.06. The Morgan fingerprint density at radius 1 is 1.39 bits per heavy atom. The van der Waals surface area contributed by atoms with Crippen LogP contribution in [0.25, 0.3) is 10.9 Å². The number of aliphatic hydroxyl groups is 1. The minimum atomic E-state index is -0.445. The van der Waals surface area contributed by atoms with Gasteiger partial charge in [-0.1, -0.05) is 6.58 Å². The van der Waals surface area contributed by atoms with E-state index in [0.717, 1.165) is 43.1 Å². The summed E-state index contributed by atoms with van der Waals surface area (Å²) in [5.41, 5.74) is 11.9. The molecule has 1 saturated heterocycles. The van der Waals surface area contributed by atoms with Crippen LogP contribution in [0.15, 0.2) is 24.5 Å². The molecule has 2 aromatic rings. The van der Waals surface area contributed by atoms with E-state index in [1.54, 1.807) is 0 Å². The van der Waals surface area contributed by atoms with Gasteiger partial charge in [0.25, 0.3) is 0 Å². The van der Waals surface area contributed by atoms with Crippen molar-refractivity contribution in [1.82, 2.24) is 4.98 Å². The van der Waals surface area contributed by atoms with Crippen LogP contribution in [0.5, 0.6) is 0 Å². The number of anilines is 1. The fourth-order valence-electron chi connectivity index (χ4n) is 3.40. The second kappa shape index (κ2) is 6.26. The van der Waals surface area contributed by atoms with Crippen LogP contribution in [0.1, 0.15) is 16.8 Å². The third-order valence-corrected chi connectivity index (χ3v) is 4.72. The SMILES string of the molecule is C=C(O)C(N)Cc1c(C)[nH]c2ccc(N3CCOCC3)c(C)c12. The van der Waals surface area contributed by atoms with Crippen molar-refractivity contribution in [2.24, 2.45) is 5.73 Å². The molecular weight excluding hydrogens is 290 g/mol. The lowest BCUT2D eigenvalue weighted by atomic mass is 9.98. The molecule has 3 rings (SSSR count). The van der Waals surface area contributed by atoms with E-state index in [2.05, 4.69) is 42.4 Å². The molecule has 1 aliphatic heterocycles. The van der Waals surface area contributed by atoms with Crippen LogP contribution in [0.3, 0.4) is 0 Å². The standard InChI is InChI=1S/C18H25N3O2/c1-11-17(21-6-8-23-9-7-21)5-4-16-18(11)14(12(2)20-16)10-15(19)13(3)22/h4-5,15,20,22H,3,6-10,19H2,1-2H3. The molecule has 5 nitrogen and oxygen atoms in total. The highest BCUT2D eigenvalue weighted by atomic mass is 16.5. The predicted octanol–water partition coefficient (Wildman–Crippen LogP) is 2.56. The lowest BCUT2D eigenvalue weighted by Gasteiger charge is -2.30. The Morgan fingerprint density at radius 2 is 2.09 bits per heavy atom. The van der Waals surface area contributed by atoms with E-state index in [1.165, 1.54) is 16.6 Å². The Kier molecular flexibility index (Phi) is 4.33. The van der Waals surface area contributed by atoms with Crippen molar-refractivity contribution in [1.29, 1.82) is 0 Å². The Balaban J connectivity index is 2.06. The van der Waals surface area contributed by atoms with Gasteiger partial charge in [-0.05, 0) is 43.5 Å². The fraction of sp³-hybridized carbons (Fsp3) is 0.444. The summed E-state index contributed by atoms with van der Waals surface area (Å²) in [4.78, 5) is 5.80. The summed E-state index contributed by atoms with van der Waals surface area (Å²) in [6, 6.07) is 3.86. The van der Waals surface area contributed by atoms with Crippen LogP contribution in [0.2, 0.25) is 0 Å². The molecule has 2 heterocycles. The highest BCUT2D eigenvalue weighted by molar-refractivity contribution is 5.92. The molecule has 0 bridgehead atoms. The van der Waals surface area contributed by atoms with Crippen molar-refractivity contribution in [3.05, 3.63) is 41.3 Å². The van der Waals surface area contributed by atoms with Crippen molar-refractivity contribution in [3.8, 4) is 0 Å². The Hall–Kier alpha value is -1.98. The van der Waals surface area contributed by atoms with Gasteiger partial charge < -0.3 is 25.5 Å². The molecule has 4 N–H and O–H groups in total. The maximum atomic E-state index is 9.56. The minimum Gasteiger partial charge on any atom is -0.511 e. The number of aromatic nitrogens is 1. The molecule has 124 valence electrons. The number of nitrogens with two attached hydrogens (primary N) is 1. The molecule has 1 unspecified atom stereocenters. The number of aromatic amines is 1. The molecular formula is C18H25N3O2. The Bertz CT molecular complexity index is 729. The first-order valence-electron chi connectivity index (χ1n) is 8.06. The largest absolute Gasteiger partial charge is 0.511 e. The Labute approximate surface area is 136 Å². The summed E-state index contributed by atoms with van der Waals surface area (Å²) in [5, 5.41) is 10.8. The van der Waals surface area contributed by atoms with Crippen LogP contribution in [-0.4, -0.2) is 42.4 Å². The third kappa shape index (κ3) is 2.94. The average molecular weight is 315 g/mol. The van der Waals surface area contributed by atoms with Crippen LogP contribution < -0.4 is 10.6 Å². The number of aliphatic hydroxyl groups excluding tert-OH is 1. The number of hydrogen-bond acceptors (Lipinski definition) is 4. The monoisotopic (exact) mass is 315 g/mol. The maximum absolute atomic E-state index is 9.56. The zero-order valence-corrected chi connectivity index (χ0v) is 13.9. The van der Waals surface area contributed by atoms with E-state index in [1.807, 2.05) is 0 Å². The number of hydrogen-bond donors (Lipinski definition) is 3. The van der Waals surface area contributed by atoms with E-state index in [-0.39, 0.29) is 5.76 Å². The number of fused-ring (bicyclic) bond motifs is 1. The van der Waals surface area contributed by atoms with Gasteiger partial charge in [-0.15, -0.1) is 0 Å². The van der Waals surface area contributed by atoms with Crippen molar-refractivity contribution in [2.75, 3.05) is 31.2 Å². The molecule has 23 heavy (non-hydrogen) atoms. The summed E-state index contributed by atoms with van der Waals surface area (Å²) < 4.78 is 5.45. The van der Waals surface area contributed by atoms with Crippen LogP contribution in [0, 0.1) is 13.8 Å². The highest BCUT2D eigenvalue weighted by Gasteiger charge is 2.20. The average Bonchev–Trinajstić information content (AvgIpc) is 2.85. The van der Waals surface area contributed by atoms with Gasteiger partial charge in [-0.25, -0.2) is 0 Å². The second-order valence-electron chi connectivity index (χ2n) is 6.26. The van der Waals surface area contributed by atoms with E-state index in [4.69, 9.17) is 10.5 Å². The van der Waals surface area contributed by atoms with Gasteiger partial charge in [0.15, 0.2) is 0 Å². The number of morpholine rings is 1. The van der Waals surface area contributed by atoms with Gasteiger partial charge in [-0.3, -0.25) is 0 Å². The molecule has 0 spiro atoms. The smallest absolute Gasteiger partial charge is 0.102 e. The number of nitrogens with zero attached hydrogens (tertiary/aromatic N) is 1. The van der Waals surface area contributed by atoms with E-state index in [9.17, 15) is 5.11 Å². The fourth-order valence-corrected chi connectivity index (χ4v) is 3.40. The Morgan fingerprint density at radius 3 is 2.74 bits per heavy atom. The number of rotatable bonds is 4. The molecule has 1 aromatic heterocycles. The number of aryl methyl sites for hydroxylation is 2. The maximum Gasteiger partial charge on any atom is 0.102 e. The third-order valence-electron chi connectivity index (χ3n) is 4.72. The molecule has 1 atom stereocenters.